The van der Waals surface area contributed by atoms with Gasteiger partial charge in [-0.2, -0.15) is 0 Å². The summed E-state index contributed by atoms with van der Waals surface area (Å²) in [4.78, 5) is 12.3. The van der Waals surface area contributed by atoms with E-state index in [1.165, 1.54) is 4.88 Å². The Morgan fingerprint density at radius 2 is 2.50 bits per heavy atom. The smallest absolute Gasteiger partial charge is 0.193 e. The van der Waals surface area contributed by atoms with Gasteiger partial charge in [-0.05, 0) is 12.8 Å². The van der Waals surface area contributed by atoms with Gasteiger partial charge in [0, 0.05) is 44.2 Å². The fraction of sp³-hybridized carbons (Fsp3) is 0.714. The quantitative estimate of drug-likeness (QED) is 0.664. The lowest BCUT2D eigenvalue weighted by Gasteiger charge is -2.24. The number of thiazole rings is 1. The third-order valence-electron chi connectivity index (χ3n) is 3.48. The van der Waals surface area contributed by atoms with Crippen LogP contribution >= 0.6 is 11.3 Å². The normalized spacial score (nSPS) is 19.4. The minimum atomic E-state index is 0.616. The number of guanidine groups is 1. The van der Waals surface area contributed by atoms with E-state index in [2.05, 4.69) is 34.2 Å². The Morgan fingerprint density at radius 3 is 3.10 bits per heavy atom. The van der Waals surface area contributed by atoms with Crippen LogP contribution in [0, 0.1) is 5.92 Å². The van der Waals surface area contributed by atoms with E-state index in [4.69, 9.17) is 4.74 Å². The van der Waals surface area contributed by atoms with Crippen LogP contribution in [0.1, 0.15) is 23.2 Å². The highest BCUT2D eigenvalue weighted by atomic mass is 32.1. The van der Waals surface area contributed by atoms with Crippen molar-refractivity contribution in [3.8, 4) is 0 Å². The first-order chi connectivity index (χ1) is 9.72. The minimum absolute atomic E-state index is 0.616. The van der Waals surface area contributed by atoms with Crippen LogP contribution in [-0.4, -0.2) is 49.7 Å². The maximum atomic E-state index is 5.42. The molecule has 1 unspecified atom stereocenters. The average molecular weight is 296 g/mol. The lowest BCUT2D eigenvalue weighted by atomic mass is 10.1. The fourth-order valence-electron chi connectivity index (χ4n) is 2.33. The van der Waals surface area contributed by atoms with Crippen LogP contribution in [0.4, 0.5) is 0 Å². The van der Waals surface area contributed by atoms with Crippen molar-refractivity contribution in [3.63, 3.8) is 0 Å². The molecule has 1 N–H and O–H groups in total. The molecular formula is C14H24N4OS. The number of hydrogen-bond donors (Lipinski definition) is 1. The number of aryl methyl sites for hydroxylation is 1. The molecule has 0 saturated carbocycles. The van der Waals surface area contributed by atoms with E-state index in [0.29, 0.717) is 5.92 Å². The largest absolute Gasteiger partial charge is 0.381 e. The second-order valence-corrected chi connectivity index (χ2v) is 6.28. The van der Waals surface area contributed by atoms with Crippen molar-refractivity contribution in [1.82, 2.24) is 15.2 Å². The summed E-state index contributed by atoms with van der Waals surface area (Å²) >= 11 is 1.76. The molecule has 2 heterocycles. The number of hydrogen-bond acceptors (Lipinski definition) is 4. The SMILES string of the molecule is CCc1cnc(CNC(=NC)N(C)CC2CCOC2)s1. The van der Waals surface area contributed by atoms with Crippen LogP contribution in [0.2, 0.25) is 0 Å². The van der Waals surface area contributed by atoms with Crippen molar-refractivity contribution in [3.05, 3.63) is 16.1 Å². The van der Waals surface area contributed by atoms with Crippen molar-refractivity contribution in [2.24, 2.45) is 10.9 Å². The van der Waals surface area contributed by atoms with Gasteiger partial charge < -0.3 is 15.0 Å². The second-order valence-electron chi connectivity index (χ2n) is 5.08. The average Bonchev–Trinajstić information content (AvgIpc) is 3.10. The van der Waals surface area contributed by atoms with Crippen molar-refractivity contribution < 1.29 is 4.74 Å². The highest BCUT2D eigenvalue weighted by Gasteiger charge is 2.19. The van der Waals surface area contributed by atoms with E-state index in [1.807, 2.05) is 13.2 Å². The first-order valence-electron chi connectivity index (χ1n) is 7.16. The van der Waals surface area contributed by atoms with Crippen LogP contribution in [0.3, 0.4) is 0 Å². The van der Waals surface area contributed by atoms with Crippen LogP contribution in [0.25, 0.3) is 0 Å². The Hall–Kier alpha value is -1.14. The maximum Gasteiger partial charge on any atom is 0.193 e. The fourth-order valence-corrected chi connectivity index (χ4v) is 3.14. The predicted octanol–water partition coefficient (Wildman–Crippen LogP) is 1.75. The number of nitrogens with zero attached hydrogens (tertiary/aromatic N) is 3. The van der Waals surface area contributed by atoms with Gasteiger partial charge in [-0.3, -0.25) is 4.99 Å². The summed E-state index contributed by atoms with van der Waals surface area (Å²) in [6.45, 7) is 5.64. The predicted molar refractivity (Wildman–Crippen MR) is 83.2 cm³/mol. The number of aliphatic imine (C=N–C) groups is 1. The van der Waals surface area contributed by atoms with Crippen molar-refractivity contribution in [2.75, 3.05) is 33.9 Å². The van der Waals surface area contributed by atoms with E-state index in [9.17, 15) is 0 Å². The Kier molecular flexibility index (Phi) is 5.79. The van der Waals surface area contributed by atoms with Gasteiger partial charge >= 0.3 is 0 Å². The summed E-state index contributed by atoms with van der Waals surface area (Å²) < 4.78 is 5.42. The third-order valence-corrected chi connectivity index (χ3v) is 4.62. The van der Waals surface area contributed by atoms with E-state index in [1.54, 1.807) is 11.3 Å². The van der Waals surface area contributed by atoms with Crippen LogP contribution < -0.4 is 5.32 Å². The third kappa shape index (κ3) is 4.18. The number of aromatic nitrogens is 1. The molecule has 0 amide bonds. The first-order valence-corrected chi connectivity index (χ1v) is 7.97. The van der Waals surface area contributed by atoms with Crippen molar-refractivity contribution >= 4 is 17.3 Å². The summed E-state index contributed by atoms with van der Waals surface area (Å²) in [5.41, 5.74) is 0. The van der Waals surface area contributed by atoms with Crippen LogP contribution in [0.15, 0.2) is 11.2 Å². The molecule has 0 spiro atoms. The Labute approximate surface area is 125 Å². The summed E-state index contributed by atoms with van der Waals surface area (Å²) in [5, 5.41) is 4.49. The molecule has 6 heteroatoms. The van der Waals surface area contributed by atoms with Crippen molar-refractivity contribution in [1.29, 1.82) is 0 Å². The molecule has 0 radical (unpaired) electrons. The second kappa shape index (κ2) is 7.59. The van der Waals surface area contributed by atoms with Crippen LogP contribution in [-0.2, 0) is 17.7 Å². The molecule has 1 saturated heterocycles. The van der Waals surface area contributed by atoms with Gasteiger partial charge in [0.25, 0.3) is 0 Å². The van der Waals surface area contributed by atoms with Gasteiger partial charge in [-0.25, -0.2) is 4.98 Å². The molecule has 2 rings (SSSR count). The van der Waals surface area contributed by atoms with E-state index >= 15 is 0 Å². The van der Waals surface area contributed by atoms with E-state index < -0.39 is 0 Å². The van der Waals surface area contributed by atoms with Gasteiger partial charge in [-0.1, -0.05) is 6.92 Å². The molecule has 112 valence electrons. The molecule has 20 heavy (non-hydrogen) atoms. The zero-order valence-electron chi connectivity index (χ0n) is 12.6. The molecule has 0 aliphatic carbocycles. The number of nitrogens with one attached hydrogen (secondary N) is 1. The minimum Gasteiger partial charge on any atom is -0.381 e. The molecule has 5 nitrogen and oxygen atoms in total. The molecule has 1 aliphatic heterocycles. The molecule has 1 aromatic rings. The van der Waals surface area contributed by atoms with Gasteiger partial charge in [0.1, 0.15) is 5.01 Å². The molecular weight excluding hydrogens is 272 g/mol. The summed E-state index contributed by atoms with van der Waals surface area (Å²) in [6, 6.07) is 0. The Bertz CT molecular complexity index is 440. The summed E-state index contributed by atoms with van der Waals surface area (Å²) in [6.07, 6.45) is 4.16. The molecule has 0 aromatic carbocycles. The molecule has 1 atom stereocenters. The zero-order chi connectivity index (χ0) is 14.4. The topological polar surface area (TPSA) is 49.8 Å². The highest BCUT2D eigenvalue weighted by Crippen LogP contribution is 2.14. The van der Waals surface area contributed by atoms with E-state index in [0.717, 1.165) is 50.1 Å². The zero-order valence-corrected chi connectivity index (χ0v) is 13.4. The maximum absolute atomic E-state index is 5.42. The van der Waals surface area contributed by atoms with Gasteiger partial charge in [0.15, 0.2) is 5.96 Å². The van der Waals surface area contributed by atoms with Gasteiger partial charge in [0.05, 0.1) is 13.2 Å². The van der Waals surface area contributed by atoms with Crippen LogP contribution in [0.5, 0.6) is 0 Å². The Balaban J connectivity index is 1.81. The summed E-state index contributed by atoms with van der Waals surface area (Å²) in [5.74, 6) is 1.54. The molecule has 0 bridgehead atoms. The van der Waals surface area contributed by atoms with Gasteiger partial charge in [-0.15, -0.1) is 11.3 Å². The first kappa shape index (κ1) is 15.3. The standard InChI is InChI=1S/C14H24N4OS/c1-4-12-7-16-13(20-12)8-17-14(15-2)18(3)9-11-5-6-19-10-11/h7,11H,4-6,8-10H2,1-3H3,(H,15,17). The summed E-state index contributed by atoms with van der Waals surface area (Å²) in [7, 11) is 3.90. The Morgan fingerprint density at radius 1 is 1.65 bits per heavy atom. The van der Waals surface area contributed by atoms with E-state index in [-0.39, 0.29) is 0 Å². The lowest BCUT2D eigenvalue weighted by molar-refractivity contribution is 0.181. The highest BCUT2D eigenvalue weighted by molar-refractivity contribution is 7.11. The number of rotatable bonds is 5. The molecule has 1 aliphatic rings. The molecule has 1 aromatic heterocycles. The lowest BCUT2D eigenvalue weighted by Crippen LogP contribution is -2.41. The monoisotopic (exact) mass is 296 g/mol. The molecule has 1 fully saturated rings. The van der Waals surface area contributed by atoms with Gasteiger partial charge in [0.2, 0.25) is 0 Å². The number of ether oxygens (including phenoxy) is 1. The van der Waals surface area contributed by atoms with Crippen molar-refractivity contribution in [2.45, 2.75) is 26.3 Å².